The van der Waals surface area contributed by atoms with Gasteiger partial charge in [0.05, 0.1) is 4.92 Å². The molecule has 0 spiro atoms. The molecule has 1 saturated heterocycles. The fraction of sp³-hybridized carbons (Fsp3) is 0.200. The van der Waals surface area contributed by atoms with Gasteiger partial charge in [0.25, 0.3) is 11.6 Å². The van der Waals surface area contributed by atoms with E-state index in [1.165, 1.54) is 49.4 Å². The topological polar surface area (TPSA) is 141 Å². The first-order chi connectivity index (χ1) is 15.7. The lowest BCUT2D eigenvalue weighted by Crippen LogP contribution is -2.40. The molecule has 1 unspecified atom stereocenters. The summed E-state index contributed by atoms with van der Waals surface area (Å²) in [5, 5.41) is 17.3. The average Bonchev–Trinajstić information content (AvgIpc) is 3.33. The third-order valence-electron chi connectivity index (χ3n) is 5.01. The first kappa shape index (κ1) is 21.8. The quantitative estimate of drug-likeness (QED) is 0.323. The van der Waals surface area contributed by atoms with Crippen LogP contribution in [0, 0.1) is 10.1 Å². The molecule has 4 rings (SSSR count). The van der Waals surface area contributed by atoms with E-state index >= 15 is 0 Å². The van der Waals surface area contributed by atoms with Gasteiger partial charge in [-0.2, -0.15) is 13.8 Å². The van der Waals surface area contributed by atoms with Gasteiger partial charge < -0.3 is 14.6 Å². The minimum absolute atomic E-state index is 0.0538. The Hall–Kier alpha value is -4.42. The Morgan fingerprint density at radius 1 is 1.24 bits per heavy atom. The number of nitrogens with one attached hydrogen (secondary N) is 1. The van der Waals surface area contributed by atoms with Gasteiger partial charge in [-0.25, -0.2) is 4.79 Å². The molecule has 3 aromatic rings. The molecule has 1 fully saturated rings. The summed E-state index contributed by atoms with van der Waals surface area (Å²) in [6, 6.07) is 10.2. The fourth-order valence-corrected chi connectivity index (χ4v) is 3.34. The molecule has 2 heterocycles. The molecule has 170 valence electrons. The number of halogens is 2. The maximum atomic E-state index is 13.0. The van der Waals surface area contributed by atoms with Crippen molar-refractivity contribution in [3.05, 3.63) is 70.1 Å². The zero-order valence-corrected chi connectivity index (χ0v) is 16.9. The van der Waals surface area contributed by atoms with E-state index in [-0.39, 0.29) is 29.7 Å². The molecule has 1 atom stereocenters. The highest BCUT2D eigenvalue weighted by atomic mass is 19.3. The number of carbonyl (C=O) groups is 2. The van der Waals surface area contributed by atoms with Gasteiger partial charge in [0.15, 0.2) is 0 Å². The summed E-state index contributed by atoms with van der Waals surface area (Å²) >= 11 is 0. The Balaban J connectivity index is 1.52. The number of alkyl halides is 2. The van der Waals surface area contributed by atoms with Crippen LogP contribution in [0.5, 0.6) is 5.75 Å². The van der Waals surface area contributed by atoms with Crippen molar-refractivity contribution in [1.82, 2.24) is 20.4 Å². The zero-order chi connectivity index (χ0) is 23.8. The van der Waals surface area contributed by atoms with E-state index < -0.39 is 29.0 Å². The second-order valence-corrected chi connectivity index (χ2v) is 7.17. The van der Waals surface area contributed by atoms with Crippen molar-refractivity contribution in [3.8, 4) is 17.1 Å². The summed E-state index contributed by atoms with van der Waals surface area (Å²) in [7, 11) is 0. The van der Waals surface area contributed by atoms with Crippen LogP contribution < -0.4 is 10.1 Å². The molecule has 1 aliphatic heterocycles. The molecule has 3 amide bonds. The molecule has 11 nitrogen and oxygen atoms in total. The van der Waals surface area contributed by atoms with Gasteiger partial charge in [-0.15, -0.1) is 0 Å². The number of carbonyl (C=O) groups excluding carboxylic acids is 2. The van der Waals surface area contributed by atoms with Crippen molar-refractivity contribution in [2.24, 2.45) is 0 Å². The standard InChI is InChI=1S/C20H15F2N5O6/c1-20(12-5-7-14(8-6-12)32-18(21)22)17(28)26(19(29)24-20)10-15-23-16(25-33-15)11-3-2-4-13(9-11)27(30)31/h2-9,18H,10H2,1H3,(H,24,29). The Morgan fingerprint density at radius 3 is 2.64 bits per heavy atom. The van der Waals surface area contributed by atoms with E-state index in [9.17, 15) is 28.5 Å². The van der Waals surface area contributed by atoms with Gasteiger partial charge >= 0.3 is 12.6 Å². The highest BCUT2D eigenvalue weighted by Gasteiger charge is 2.49. The SMILES string of the molecule is CC1(c2ccc(OC(F)F)cc2)NC(=O)N(Cc2nc(-c3cccc([N+](=O)[O-])c3)no2)C1=O. The molecule has 0 saturated carbocycles. The number of urea groups is 1. The van der Waals surface area contributed by atoms with Crippen molar-refractivity contribution >= 4 is 17.6 Å². The number of ether oxygens (including phenoxy) is 1. The summed E-state index contributed by atoms with van der Waals surface area (Å²) in [5.74, 6) is -0.723. The number of aromatic nitrogens is 2. The van der Waals surface area contributed by atoms with Crippen molar-refractivity contribution in [2.75, 3.05) is 0 Å². The van der Waals surface area contributed by atoms with Crippen molar-refractivity contribution in [1.29, 1.82) is 0 Å². The summed E-state index contributed by atoms with van der Waals surface area (Å²) in [6.45, 7) is -1.86. The minimum atomic E-state index is -2.99. The molecule has 0 bridgehead atoms. The van der Waals surface area contributed by atoms with Gasteiger partial charge in [-0.05, 0) is 24.6 Å². The lowest BCUT2D eigenvalue weighted by atomic mass is 9.92. The highest BCUT2D eigenvalue weighted by molar-refractivity contribution is 6.07. The Bertz CT molecular complexity index is 1230. The molecule has 33 heavy (non-hydrogen) atoms. The lowest BCUT2D eigenvalue weighted by molar-refractivity contribution is -0.384. The lowest BCUT2D eigenvalue weighted by Gasteiger charge is -2.22. The molecular weight excluding hydrogens is 444 g/mol. The van der Waals surface area contributed by atoms with Crippen LogP contribution in [0.2, 0.25) is 0 Å². The largest absolute Gasteiger partial charge is 0.435 e. The maximum Gasteiger partial charge on any atom is 0.387 e. The third-order valence-corrected chi connectivity index (χ3v) is 5.01. The molecule has 0 aliphatic carbocycles. The van der Waals surface area contributed by atoms with Crippen LogP contribution in [0.1, 0.15) is 18.4 Å². The van der Waals surface area contributed by atoms with Crippen LogP contribution in [-0.4, -0.2) is 38.5 Å². The third kappa shape index (κ3) is 4.20. The Morgan fingerprint density at radius 2 is 1.97 bits per heavy atom. The number of benzene rings is 2. The maximum absolute atomic E-state index is 13.0. The number of non-ortho nitro benzene ring substituents is 1. The fourth-order valence-electron chi connectivity index (χ4n) is 3.34. The van der Waals surface area contributed by atoms with Crippen LogP contribution in [0.4, 0.5) is 19.3 Å². The first-order valence-corrected chi connectivity index (χ1v) is 9.44. The van der Waals surface area contributed by atoms with Crippen molar-refractivity contribution in [3.63, 3.8) is 0 Å². The van der Waals surface area contributed by atoms with Crippen molar-refractivity contribution in [2.45, 2.75) is 25.6 Å². The summed E-state index contributed by atoms with van der Waals surface area (Å²) < 4.78 is 34.1. The number of nitrogens with zero attached hydrogens (tertiary/aromatic N) is 4. The second kappa shape index (κ2) is 8.26. The number of nitro groups is 1. The van der Waals surface area contributed by atoms with Crippen LogP contribution in [0.25, 0.3) is 11.4 Å². The van der Waals surface area contributed by atoms with Gasteiger partial charge in [0.2, 0.25) is 11.7 Å². The summed E-state index contributed by atoms with van der Waals surface area (Å²) in [4.78, 5) is 40.9. The van der Waals surface area contributed by atoms with Crippen LogP contribution in [0.3, 0.4) is 0 Å². The number of amides is 3. The number of rotatable bonds is 7. The van der Waals surface area contributed by atoms with Gasteiger partial charge in [-0.3, -0.25) is 19.8 Å². The normalized spacial score (nSPS) is 18.0. The molecule has 0 radical (unpaired) electrons. The smallest absolute Gasteiger partial charge is 0.387 e. The molecule has 1 aromatic heterocycles. The highest BCUT2D eigenvalue weighted by Crippen LogP contribution is 2.31. The van der Waals surface area contributed by atoms with Crippen LogP contribution >= 0.6 is 0 Å². The number of hydrogen-bond donors (Lipinski definition) is 1. The monoisotopic (exact) mass is 459 g/mol. The number of imide groups is 1. The predicted molar refractivity (Wildman–Crippen MR) is 106 cm³/mol. The number of hydrogen-bond acceptors (Lipinski definition) is 8. The molecule has 2 aromatic carbocycles. The molecule has 1 N–H and O–H groups in total. The van der Waals surface area contributed by atoms with Gasteiger partial charge in [0.1, 0.15) is 17.8 Å². The summed E-state index contributed by atoms with van der Waals surface area (Å²) in [5.41, 5.74) is -0.933. The van der Waals surface area contributed by atoms with Crippen LogP contribution in [-0.2, 0) is 16.9 Å². The Labute approximate surface area is 184 Å². The van der Waals surface area contributed by atoms with E-state index in [1.54, 1.807) is 6.07 Å². The predicted octanol–water partition coefficient (Wildman–Crippen LogP) is 3.21. The van der Waals surface area contributed by atoms with Crippen molar-refractivity contribution < 1.29 is 32.6 Å². The number of nitro benzene ring substituents is 1. The average molecular weight is 459 g/mol. The Kier molecular flexibility index (Phi) is 5.45. The van der Waals surface area contributed by atoms with E-state index in [4.69, 9.17) is 4.52 Å². The van der Waals surface area contributed by atoms with Gasteiger partial charge in [0, 0.05) is 17.7 Å². The van der Waals surface area contributed by atoms with E-state index in [2.05, 4.69) is 20.2 Å². The molecule has 1 aliphatic rings. The second-order valence-electron chi connectivity index (χ2n) is 7.17. The summed E-state index contributed by atoms with van der Waals surface area (Å²) in [6.07, 6.45) is 0. The first-order valence-electron chi connectivity index (χ1n) is 9.44. The zero-order valence-electron chi connectivity index (χ0n) is 16.9. The van der Waals surface area contributed by atoms with Crippen LogP contribution in [0.15, 0.2) is 53.1 Å². The van der Waals surface area contributed by atoms with E-state index in [0.717, 1.165) is 4.90 Å². The van der Waals surface area contributed by atoms with Gasteiger partial charge in [-0.1, -0.05) is 29.4 Å². The molecular formula is C20H15F2N5O6. The van der Waals surface area contributed by atoms with E-state index in [0.29, 0.717) is 11.1 Å². The van der Waals surface area contributed by atoms with E-state index in [1.807, 2.05) is 0 Å². The molecule has 13 heteroatoms. The minimum Gasteiger partial charge on any atom is -0.435 e.